The van der Waals surface area contributed by atoms with Crippen LogP contribution in [-0.2, 0) is 11.3 Å². The van der Waals surface area contributed by atoms with Gasteiger partial charge in [0.25, 0.3) is 0 Å². The van der Waals surface area contributed by atoms with Crippen LogP contribution in [0.25, 0.3) is 11.3 Å². The SMILES string of the molecule is CN(Cc1ccc(/C=N/Nc2ccc(-c3cnco3)cc2)cc1)C(=O)OC(C)(C)C. The number of hydrogen-bond donors (Lipinski definition) is 1. The van der Waals surface area contributed by atoms with Gasteiger partial charge in [-0.2, -0.15) is 5.10 Å². The van der Waals surface area contributed by atoms with E-state index < -0.39 is 5.60 Å². The summed E-state index contributed by atoms with van der Waals surface area (Å²) in [7, 11) is 1.72. The van der Waals surface area contributed by atoms with Gasteiger partial charge < -0.3 is 14.1 Å². The molecule has 0 saturated heterocycles. The number of carbonyl (C=O) groups excluding carboxylic acids is 1. The minimum Gasteiger partial charge on any atom is -0.444 e. The monoisotopic (exact) mass is 406 g/mol. The highest BCUT2D eigenvalue weighted by Gasteiger charge is 2.19. The van der Waals surface area contributed by atoms with Crippen LogP contribution in [0.4, 0.5) is 10.5 Å². The average molecular weight is 406 g/mol. The highest BCUT2D eigenvalue weighted by molar-refractivity contribution is 5.80. The maximum atomic E-state index is 12.1. The van der Waals surface area contributed by atoms with Crippen molar-refractivity contribution in [2.75, 3.05) is 12.5 Å². The van der Waals surface area contributed by atoms with Crippen molar-refractivity contribution in [2.45, 2.75) is 32.9 Å². The fourth-order valence-electron chi connectivity index (χ4n) is 2.64. The number of oxazole rings is 1. The van der Waals surface area contributed by atoms with Crippen molar-refractivity contribution in [1.82, 2.24) is 9.88 Å². The van der Waals surface area contributed by atoms with Crippen molar-refractivity contribution >= 4 is 18.0 Å². The number of hydrogen-bond acceptors (Lipinski definition) is 6. The topological polar surface area (TPSA) is 80.0 Å². The molecule has 156 valence electrons. The molecule has 2 aromatic carbocycles. The van der Waals surface area contributed by atoms with Crippen molar-refractivity contribution in [3.05, 3.63) is 72.2 Å². The van der Waals surface area contributed by atoms with E-state index in [1.807, 2.05) is 69.3 Å². The van der Waals surface area contributed by atoms with Crippen LogP contribution in [0.3, 0.4) is 0 Å². The number of nitrogens with zero attached hydrogens (tertiary/aromatic N) is 3. The number of aromatic nitrogens is 1. The highest BCUT2D eigenvalue weighted by Crippen LogP contribution is 2.20. The first kappa shape index (κ1) is 21.1. The molecule has 3 rings (SSSR count). The van der Waals surface area contributed by atoms with Gasteiger partial charge in [0.2, 0.25) is 0 Å². The lowest BCUT2D eigenvalue weighted by atomic mass is 10.1. The average Bonchev–Trinajstić information content (AvgIpc) is 3.23. The Balaban J connectivity index is 1.51. The number of carbonyl (C=O) groups is 1. The zero-order valence-corrected chi connectivity index (χ0v) is 17.6. The largest absolute Gasteiger partial charge is 0.444 e. The molecule has 0 saturated carbocycles. The molecule has 7 heteroatoms. The summed E-state index contributed by atoms with van der Waals surface area (Å²) in [5.41, 5.74) is 6.28. The number of nitrogens with one attached hydrogen (secondary N) is 1. The van der Waals surface area contributed by atoms with Gasteiger partial charge in [0.1, 0.15) is 5.60 Å². The molecule has 1 N–H and O–H groups in total. The van der Waals surface area contributed by atoms with Gasteiger partial charge in [-0.05, 0) is 56.2 Å². The Bertz CT molecular complexity index is 973. The summed E-state index contributed by atoms with van der Waals surface area (Å²) in [5, 5.41) is 4.27. The molecule has 0 fully saturated rings. The number of hydrazone groups is 1. The van der Waals surface area contributed by atoms with E-state index in [1.54, 1.807) is 24.4 Å². The third-order valence-corrected chi connectivity index (χ3v) is 4.11. The number of ether oxygens (including phenoxy) is 1. The Labute approximate surface area is 176 Å². The Kier molecular flexibility index (Phi) is 6.51. The van der Waals surface area contributed by atoms with Crippen molar-refractivity contribution in [3.63, 3.8) is 0 Å². The van der Waals surface area contributed by atoms with Gasteiger partial charge in [0, 0.05) is 19.2 Å². The Morgan fingerprint density at radius 1 is 1.17 bits per heavy atom. The molecular weight excluding hydrogens is 380 g/mol. The highest BCUT2D eigenvalue weighted by atomic mass is 16.6. The molecule has 1 heterocycles. The summed E-state index contributed by atoms with van der Waals surface area (Å²) in [6.45, 7) is 6.03. The summed E-state index contributed by atoms with van der Waals surface area (Å²) < 4.78 is 10.6. The Morgan fingerprint density at radius 3 is 2.47 bits per heavy atom. The van der Waals surface area contributed by atoms with E-state index in [9.17, 15) is 4.79 Å². The van der Waals surface area contributed by atoms with E-state index in [-0.39, 0.29) is 6.09 Å². The fourth-order valence-corrected chi connectivity index (χ4v) is 2.64. The first-order valence-electron chi connectivity index (χ1n) is 9.61. The van der Waals surface area contributed by atoms with Gasteiger partial charge in [-0.1, -0.05) is 24.3 Å². The summed E-state index contributed by atoms with van der Waals surface area (Å²) >= 11 is 0. The number of benzene rings is 2. The van der Waals surface area contributed by atoms with E-state index in [0.717, 1.165) is 28.1 Å². The molecule has 0 aliphatic rings. The molecule has 30 heavy (non-hydrogen) atoms. The second-order valence-corrected chi connectivity index (χ2v) is 7.89. The van der Waals surface area contributed by atoms with E-state index in [1.165, 1.54) is 6.39 Å². The van der Waals surface area contributed by atoms with Crippen LogP contribution in [0.1, 0.15) is 31.9 Å². The molecule has 3 aromatic rings. The van der Waals surface area contributed by atoms with Crippen molar-refractivity contribution < 1.29 is 13.9 Å². The minimum atomic E-state index is -0.505. The lowest BCUT2D eigenvalue weighted by molar-refractivity contribution is 0.0285. The van der Waals surface area contributed by atoms with Gasteiger partial charge in [0.05, 0.1) is 18.1 Å². The zero-order valence-electron chi connectivity index (χ0n) is 17.6. The molecule has 0 spiro atoms. The van der Waals surface area contributed by atoms with Crippen molar-refractivity contribution in [2.24, 2.45) is 5.10 Å². The normalized spacial score (nSPS) is 11.5. The first-order valence-corrected chi connectivity index (χ1v) is 9.61. The Hall–Kier alpha value is -3.61. The van der Waals surface area contributed by atoms with E-state index in [4.69, 9.17) is 9.15 Å². The standard InChI is InChI=1S/C23H26N4O3/c1-23(2,3)30-22(28)27(4)15-18-7-5-17(6-8-18)13-25-26-20-11-9-19(10-12-20)21-14-24-16-29-21/h5-14,16,26H,15H2,1-4H3/b25-13+. The van der Waals surface area contributed by atoms with Crippen LogP contribution in [0.2, 0.25) is 0 Å². The molecule has 1 amide bonds. The first-order chi connectivity index (χ1) is 14.3. The van der Waals surface area contributed by atoms with Crippen LogP contribution < -0.4 is 5.43 Å². The number of anilines is 1. The maximum Gasteiger partial charge on any atom is 0.410 e. The van der Waals surface area contributed by atoms with Crippen LogP contribution in [0, 0.1) is 0 Å². The molecule has 7 nitrogen and oxygen atoms in total. The molecule has 0 radical (unpaired) electrons. The third kappa shape index (κ3) is 6.20. The van der Waals surface area contributed by atoms with Crippen molar-refractivity contribution in [1.29, 1.82) is 0 Å². The van der Waals surface area contributed by atoms with E-state index >= 15 is 0 Å². The summed E-state index contributed by atoms with van der Waals surface area (Å²) in [5.74, 6) is 0.724. The summed E-state index contributed by atoms with van der Waals surface area (Å²) in [6, 6.07) is 15.6. The quantitative estimate of drug-likeness (QED) is 0.452. The molecule has 0 bridgehead atoms. The van der Waals surface area contributed by atoms with E-state index in [2.05, 4.69) is 15.5 Å². The number of rotatable bonds is 6. The predicted molar refractivity (Wildman–Crippen MR) is 117 cm³/mol. The zero-order chi connectivity index (χ0) is 21.6. The second-order valence-electron chi connectivity index (χ2n) is 7.89. The lowest BCUT2D eigenvalue weighted by Gasteiger charge is -2.24. The van der Waals surface area contributed by atoms with Crippen LogP contribution in [0.5, 0.6) is 0 Å². The molecule has 1 aromatic heterocycles. The molecule has 0 aliphatic carbocycles. The van der Waals surface area contributed by atoms with Crippen molar-refractivity contribution in [3.8, 4) is 11.3 Å². The Morgan fingerprint density at radius 2 is 1.87 bits per heavy atom. The van der Waals surface area contributed by atoms with Crippen LogP contribution >= 0.6 is 0 Å². The van der Waals surface area contributed by atoms with E-state index in [0.29, 0.717) is 6.54 Å². The summed E-state index contributed by atoms with van der Waals surface area (Å²) in [6.07, 6.45) is 4.49. The molecule has 0 aliphatic heterocycles. The minimum absolute atomic E-state index is 0.341. The molecule has 0 unspecified atom stereocenters. The fraction of sp³-hybridized carbons (Fsp3) is 0.261. The van der Waals surface area contributed by atoms with Gasteiger partial charge in [0.15, 0.2) is 12.2 Å². The smallest absolute Gasteiger partial charge is 0.410 e. The van der Waals surface area contributed by atoms with Crippen LogP contribution in [0.15, 0.2) is 70.6 Å². The molecule has 0 atom stereocenters. The molecular formula is C23H26N4O3. The predicted octanol–water partition coefficient (Wildman–Crippen LogP) is 5.15. The van der Waals surface area contributed by atoms with Gasteiger partial charge in [-0.25, -0.2) is 9.78 Å². The third-order valence-electron chi connectivity index (χ3n) is 4.11. The van der Waals surface area contributed by atoms with Crippen LogP contribution in [-0.4, -0.2) is 34.8 Å². The maximum absolute atomic E-state index is 12.1. The van der Waals surface area contributed by atoms with Gasteiger partial charge >= 0.3 is 6.09 Å². The number of amides is 1. The summed E-state index contributed by atoms with van der Waals surface area (Å²) in [4.78, 5) is 17.5. The van der Waals surface area contributed by atoms with Gasteiger partial charge in [-0.15, -0.1) is 0 Å². The lowest BCUT2D eigenvalue weighted by Crippen LogP contribution is -2.33. The van der Waals surface area contributed by atoms with Gasteiger partial charge in [-0.3, -0.25) is 5.43 Å². The second kappa shape index (κ2) is 9.26.